The van der Waals surface area contributed by atoms with Crippen molar-refractivity contribution in [2.75, 3.05) is 26.4 Å². The standard InChI is InChI=1S/C20H20N6O2.C5H10O2/c1-12-14-5-7-18-15-10-13(4-6-17(15)23-24-18)16-11-21-26(2)20(16)28-9-3-8-27-19(14)25-22-12;6-5-2-1-3-7-4-5/h4-7,10-11H,3,8-9H2,1-2H3,(H,22,25)(H,23,24);5-6H,1-4H2/b7-5+;. The fourth-order valence-corrected chi connectivity index (χ4v) is 4.13. The van der Waals surface area contributed by atoms with Gasteiger partial charge in [0.15, 0.2) is 0 Å². The van der Waals surface area contributed by atoms with E-state index in [1.807, 2.05) is 44.5 Å². The molecule has 35 heavy (non-hydrogen) atoms. The molecule has 0 saturated carbocycles. The zero-order valence-electron chi connectivity index (χ0n) is 20.0. The Hall–Kier alpha value is -3.63. The first-order valence-corrected chi connectivity index (χ1v) is 11.8. The summed E-state index contributed by atoms with van der Waals surface area (Å²) in [5.74, 6) is 1.33. The van der Waals surface area contributed by atoms with E-state index in [-0.39, 0.29) is 6.10 Å². The van der Waals surface area contributed by atoms with Crippen LogP contribution in [0.15, 0.2) is 24.4 Å². The first-order valence-electron chi connectivity index (χ1n) is 11.8. The summed E-state index contributed by atoms with van der Waals surface area (Å²) < 4.78 is 18.6. The minimum absolute atomic E-state index is 0.186. The number of nitrogens with zero attached hydrogens (tertiary/aromatic N) is 4. The molecule has 0 amide bonds. The number of rotatable bonds is 0. The highest BCUT2D eigenvalue weighted by molar-refractivity contribution is 5.93. The Morgan fingerprint density at radius 3 is 2.74 bits per heavy atom. The summed E-state index contributed by atoms with van der Waals surface area (Å²) in [7, 11) is 1.88. The van der Waals surface area contributed by atoms with E-state index in [2.05, 4.69) is 31.6 Å². The Balaban J connectivity index is 0.000000313. The van der Waals surface area contributed by atoms with Gasteiger partial charge in [-0.2, -0.15) is 10.2 Å². The van der Waals surface area contributed by atoms with Crippen LogP contribution >= 0.6 is 0 Å². The maximum absolute atomic E-state index is 8.78. The molecule has 3 N–H and O–H groups in total. The summed E-state index contributed by atoms with van der Waals surface area (Å²) in [4.78, 5) is 0. The zero-order chi connectivity index (χ0) is 24.2. The number of aliphatic hydroxyl groups is 1. The molecule has 4 aromatic rings. The van der Waals surface area contributed by atoms with Crippen LogP contribution < -0.4 is 9.47 Å². The van der Waals surface area contributed by atoms with Gasteiger partial charge in [-0.1, -0.05) is 6.07 Å². The predicted molar refractivity (Wildman–Crippen MR) is 132 cm³/mol. The molecule has 5 heterocycles. The monoisotopic (exact) mass is 478 g/mol. The van der Waals surface area contributed by atoms with E-state index in [9.17, 15) is 0 Å². The van der Waals surface area contributed by atoms with Crippen molar-refractivity contribution < 1.29 is 19.3 Å². The van der Waals surface area contributed by atoms with Crippen molar-refractivity contribution in [3.8, 4) is 22.9 Å². The number of nitrogens with one attached hydrogen (secondary N) is 2. The topological polar surface area (TPSA) is 123 Å². The molecule has 1 atom stereocenters. The molecular weight excluding hydrogens is 448 g/mol. The Labute approximate surface area is 202 Å². The second kappa shape index (κ2) is 10.3. The van der Waals surface area contributed by atoms with E-state index < -0.39 is 0 Å². The number of benzene rings is 1. The lowest BCUT2D eigenvalue weighted by atomic mass is 10.1. The van der Waals surface area contributed by atoms with Crippen LogP contribution in [0.2, 0.25) is 0 Å². The maximum Gasteiger partial charge on any atom is 0.240 e. The van der Waals surface area contributed by atoms with Crippen molar-refractivity contribution in [1.82, 2.24) is 30.2 Å². The van der Waals surface area contributed by atoms with Crippen LogP contribution in [0, 0.1) is 6.92 Å². The van der Waals surface area contributed by atoms with Crippen LogP contribution in [0.3, 0.4) is 0 Å². The third kappa shape index (κ3) is 5.08. The molecule has 2 aliphatic heterocycles. The summed E-state index contributed by atoms with van der Waals surface area (Å²) >= 11 is 0. The Bertz CT molecular complexity index is 1310. The molecule has 3 aromatic heterocycles. The molecule has 0 aliphatic carbocycles. The van der Waals surface area contributed by atoms with E-state index in [1.165, 1.54) is 0 Å². The van der Waals surface area contributed by atoms with Crippen molar-refractivity contribution >= 4 is 23.1 Å². The predicted octanol–water partition coefficient (Wildman–Crippen LogP) is 3.48. The van der Waals surface area contributed by atoms with Crippen molar-refractivity contribution in [3.63, 3.8) is 0 Å². The lowest BCUT2D eigenvalue weighted by Crippen LogP contribution is -2.21. The van der Waals surface area contributed by atoms with Gasteiger partial charge in [0.05, 0.1) is 54.5 Å². The number of aliphatic hydroxyl groups excluding tert-OH is 1. The molecule has 6 rings (SSSR count). The normalized spacial score (nSPS) is 18.8. The molecule has 184 valence electrons. The second-order valence-corrected chi connectivity index (χ2v) is 8.68. The van der Waals surface area contributed by atoms with E-state index in [0.717, 1.165) is 70.7 Å². The summed E-state index contributed by atoms with van der Waals surface area (Å²) in [6.45, 7) is 4.39. The number of hydrogen-bond acceptors (Lipinski definition) is 7. The first kappa shape index (κ1) is 23.1. The van der Waals surface area contributed by atoms with Gasteiger partial charge in [0.25, 0.3) is 0 Å². The highest BCUT2D eigenvalue weighted by atomic mass is 16.5. The third-order valence-electron chi connectivity index (χ3n) is 6.06. The second-order valence-electron chi connectivity index (χ2n) is 8.68. The molecule has 1 fully saturated rings. The van der Waals surface area contributed by atoms with Crippen molar-refractivity contribution in [2.45, 2.75) is 32.3 Å². The number of ether oxygens (including phenoxy) is 3. The van der Waals surface area contributed by atoms with Crippen LogP contribution in [-0.2, 0) is 11.8 Å². The molecular formula is C25H30N6O4. The first-order chi connectivity index (χ1) is 17.1. The summed E-state index contributed by atoms with van der Waals surface area (Å²) in [5, 5.41) is 29.0. The van der Waals surface area contributed by atoms with Crippen LogP contribution in [-0.4, -0.2) is 67.8 Å². The summed E-state index contributed by atoms with van der Waals surface area (Å²) in [5.41, 5.74) is 5.71. The zero-order valence-corrected chi connectivity index (χ0v) is 20.0. The van der Waals surface area contributed by atoms with Crippen LogP contribution in [0.1, 0.15) is 36.2 Å². The number of aromatic amines is 2. The minimum Gasteiger partial charge on any atom is -0.477 e. The lowest BCUT2D eigenvalue weighted by Gasteiger charge is -2.15. The Morgan fingerprint density at radius 1 is 1.06 bits per heavy atom. The number of fused-ring (bicyclic) bond motifs is 4. The van der Waals surface area contributed by atoms with Gasteiger partial charge < -0.3 is 19.3 Å². The third-order valence-corrected chi connectivity index (χ3v) is 6.06. The lowest BCUT2D eigenvalue weighted by molar-refractivity contribution is -0.00535. The van der Waals surface area contributed by atoms with E-state index in [0.29, 0.717) is 25.7 Å². The Kier molecular flexibility index (Phi) is 6.82. The molecule has 1 saturated heterocycles. The largest absolute Gasteiger partial charge is 0.477 e. The number of aromatic nitrogens is 6. The van der Waals surface area contributed by atoms with Gasteiger partial charge in [-0.25, -0.2) is 4.68 Å². The summed E-state index contributed by atoms with van der Waals surface area (Å²) in [6, 6.07) is 6.16. The number of aryl methyl sites for hydroxylation is 2. The minimum atomic E-state index is -0.186. The molecule has 0 radical (unpaired) electrons. The van der Waals surface area contributed by atoms with Gasteiger partial charge in [-0.15, -0.1) is 5.10 Å². The van der Waals surface area contributed by atoms with E-state index >= 15 is 0 Å². The van der Waals surface area contributed by atoms with E-state index in [1.54, 1.807) is 4.68 Å². The maximum atomic E-state index is 8.78. The average molecular weight is 479 g/mol. The quantitative estimate of drug-likeness (QED) is 0.354. The molecule has 1 aromatic carbocycles. The van der Waals surface area contributed by atoms with Gasteiger partial charge in [0.2, 0.25) is 11.8 Å². The van der Waals surface area contributed by atoms with Crippen LogP contribution in [0.25, 0.3) is 34.2 Å². The number of H-pyrrole nitrogens is 2. The number of hydrogen-bond donors (Lipinski definition) is 3. The highest BCUT2D eigenvalue weighted by Gasteiger charge is 2.15. The fraction of sp³-hybridized carbons (Fsp3) is 0.400. The average Bonchev–Trinajstić information content (AvgIpc) is 3.55. The van der Waals surface area contributed by atoms with Gasteiger partial charge >= 0.3 is 0 Å². The van der Waals surface area contributed by atoms with Crippen molar-refractivity contribution in [2.24, 2.45) is 7.05 Å². The SMILES string of the molecule is Cc1[nH]nc2c1/C=C/c1[nH]nc3ccc(cc13)-c1cnn(C)c1OCCCO2.OC1CCCOC1. The van der Waals surface area contributed by atoms with Crippen molar-refractivity contribution in [3.05, 3.63) is 41.3 Å². The van der Waals surface area contributed by atoms with Gasteiger partial charge in [0, 0.05) is 31.2 Å². The fourth-order valence-electron chi connectivity index (χ4n) is 4.13. The van der Waals surface area contributed by atoms with E-state index in [4.69, 9.17) is 19.3 Å². The molecule has 0 spiro atoms. The Morgan fingerprint density at radius 2 is 1.94 bits per heavy atom. The molecule has 2 aliphatic rings. The molecule has 10 nitrogen and oxygen atoms in total. The smallest absolute Gasteiger partial charge is 0.240 e. The highest BCUT2D eigenvalue weighted by Crippen LogP contribution is 2.33. The van der Waals surface area contributed by atoms with Crippen LogP contribution in [0.4, 0.5) is 0 Å². The molecule has 10 heteroatoms. The van der Waals surface area contributed by atoms with Gasteiger partial charge in [-0.05, 0) is 49.6 Å². The molecule has 1 unspecified atom stereocenters. The van der Waals surface area contributed by atoms with Crippen LogP contribution in [0.5, 0.6) is 11.8 Å². The van der Waals surface area contributed by atoms with Gasteiger partial charge in [0.1, 0.15) is 0 Å². The summed E-state index contributed by atoms with van der Waals surface area (Å²) in [6.07, 6.45) is 8.32. The molecule has 2 bridgehead atoms. The van der Waals surface area contributed by atoms with Crippen molar-refractivity contribution in [1.29, 1.82) is 0 Å². The van der Waals surface area contributed by atoms with Gasteiger partial charge in [-0.3, -0.25) is 10.2 Å².